The second-order valence-electron chi connectivity index (χ2n) is 3.08. The van der Waals surface area contributed by atoms with Crippen LogP contribution in [0.3, 0.4) is 0 Å². The van der Waals surface area contributed by atoms with Crippen molar-refractivity contribution in [2.24, 2.45) is 0 Å². The molecule has 0 unspecified atom stereocenters. The van der Waals surface area contributed by atoms with Gasteiger partial charge in [-0.1, -0.05) is 29.8 Å². The van der Waals surface area contributed by atoms with Gasteiger partial charge in [-0.25, -0.2) is 0 Å². The number of hydrogen-bond acceptors (Lipinski definition) is 1. The average molecular weight is 169 g/mol. The fourth-order valence-corrected chi connectivity index (χ4v) is 1.34. The van der Waals surface area contributed by atoms with Crippen LogP contribution in [0.15, 0.2) is 48.7 Å². The fraction of sp³-hybridized carbons (Fsp3) is 0.0833. The summed E-state index contributed by atoms with van der Waals surface area (Å²) in [6, 6.07) is 14.3. The van der Waals surface area contributed by atoms with Crippen molar-refractivity contribution in [2.75, 3.05) is 0 Å². The Morgan fingerprint density at radius 3 is 2.62 bits per heavy atom. The van der Waals surface area contributed by atoms with Crippen molar-refractivity contribution in [2.45, 2.75) is 6.92 Å². The molecule has 1 aromatic carbocycles. The molecule has 1 heterocycles. The van der Waals surface area contributed by atoms with Gasteiger partial charge in [0.25, 0.3) is 0 Å². The third-order valence-electron chi connectivity index (χ3n) is 1.98. The Kier molecular flexibility index (Phi) is 2.09. The highest BCUT2D eigenvalue weighted by Gasteiger charge is 1.96. The summed E-state index contributed by atoms with van der Waals surface area (Å²) in [7, 11) is 0. The first-order valence-corrected chi connectivity index (χ1v) is 4.34. The molecule has 0 spiro atoms. The van der Waals surface area contributed by atoms with E-state index < -0.39 is 0 Å². The van der Waals surface area contributed by atoms with Crippen LogP contribution in [-0.2, 0) is 0 Å². The van der Waals surface area contributed by atoms with Crippen LogP contribution < -0.4 is 0 Å². The molecule has 0 saturated heterocycles. The molecule has 0 aliphatic rings. The Balaban J connectivity index is 2.48. The largest absolute Gasteiger partial charge is 0.256 e. The van der Waals surface area contributed by atoms with Crippen LogP contribution in [0.4, 0.5) is 0 Å². The molecular weight excluding hydrogens is 158 g/mol. The Hall–Kier alpha value is -1.63. The lowest BCUT2D eigenvalue weighted by Gasteiger charge is -2.00. The topological polar surface area (TPSA) is 12.9 Å². The molecule has 2 aromatic rings. The number of hydrogen-bond donors (Lipinski definition) is 0. The maximum absolute atomic E-state index is 4.29. The van der Waals surface area contributed by atoms with E-state index in [2.05, 4.69) is 36.2 Å². The Morgan fingerprint density at radius 2 is 1.92 bits per heavy atom. The molecular formula is C12H11N. The van der Waals surface area contributed by atoms with E-state index in [4.69, 9.17) is 0 Å². The minimum absolute atomic E-state index is 1.03. The Bertz CT molecular complexity index is 393. The van der Waals surface area contributed by atoms with Crippen LogP contribution in [0.5, 0.6) is 0 Å². The van der Waals surface area contributed by atoms with E-state index in [9.17, 15) is 0 Å². The number of aryl methyl sites for hydroxylation is 1. The maximum atomic E-state index is 4.29. The van der Waals surface area contributed by atoms with Gasteiger partial charge in [-0.2, -0.15) is 0 Å². The first-order valence-electron chi connectivity index (χ1n) is 4.34. The van der Waals surface area contributed by atoms with Crippen molar-refractivity contribution in [1.29, 1.82) is 0 Å². The van der Waals surface area contributed by atoms with Gasteiger partial charge in [0, 0.05) is 11.8 Å². The summed E-state index contributed by atoms with van der Waals surface area (Å²) < 4.78 is 0. The van der Waals surface area contributed by atoms with Crippen LogP contribution >= 0.6 is 0 Å². The van der Waals surface area contributed by atoms with Crippen molar-refractivity contribution < 1.29 is 0 Å². The lowest BCUT2D eigenvalue weighted by molar-refractivity contribution is 1.32. The minimum Gasteiger partial charge on any atom is -0.256 e. The summed E-state index contributed by atoms with van der Waals surface area (Å²) in [5, 5.41) is 0. The molecule has 0 aliphatic carbocycles. The zero-order valence-corrected chi connectivity index (χ0v) is 7.57. The highest BCUT2D eigenvalue weighted by Crippen LogP contribution is 2.16. The number of pyridine rings is 1. The molecule has 64 valence electrons. The van der Waals surface area contributed by atoms with Crippen LogP contribution in [-0.4, -0.2) is 4.98 Å². The number of nitrogens with zero attached hydrogens (tertiary/aromatic N) is 1. The monoisotopic (exact) mass is 169 g/mol. The van der Waals surface area contributed by atoms with Gasteiger partial charge in [0.15, 0.2) is 0 Å². The van der Waals surface area contributed by atoms with Crippen LogP contribution in [0.1, 0.15) is 5.56 Å². The Morgan fingerprint density at radius 1 is 1.00 bits per heavy atom. The predicted octanol–water partition coefficient (Wildman–Crippen LogP) is 3.06. The normalized spacial score (nSPS) is 9.92. The third-order valence-corrected chi connectivity index (χ3v) is 1.98. The summed E-state index contributed by atoms with van der Waals surface area (Å²) in [6.45, 7) is 2.09. The zero-order valence-electron chi connectivity index (χ0n) is 7.57. The molecule has 1 heteroatoms. The van der Waals surface area contributed by atoms with Gasteiger partial charge < -0.3 is 0 Å². The highest BCUT2D eigenvalue weighted by atomic mass is 14.7. The lowest BCUT2D eigenvalue weighted by Crippen LogP contribution is -1.81. The molecule has 0 saturated carbocycles. The van der Waals surface area contributed by atoms with E-state index in [1.54, 1.807) is 0 Å². The van der Waals surface area contributed by atoms with Crippen molar-refractivity contribution in [3.63, 3.8) is 0 Å². The van der Waals surface area contributed by atoms with Crippen molar-refractivity contribution in [3.8, 4) is 11.3 Å². The van der Waals surface area contributed by atoms with E-state index in [0.717, 1.165) is 5.69 Å². The molecule has 0 fully saturated rings. The highest BCUT2D eigenvalue weighted by molar-refractivity contribution is 5.59. The van der Waals surface area contributed by atoms with Gasteiger partial charge in [-0.3, -0.25) is 4.98 Å². The van der Waals surface area contributed by atoms with E-state index in [-0.39, 0.29) is 0 Å². The first-order chi connectivity index (χ1) is 6.36. The van der Waals surface area contributed by atoms with E-state index in [1.807, 2.05) is 24.4 Å². The molecule has 0 radical (unpaired) electrons. The standard InChI is InChI=1S/C12H11N/c1-10-5-4-6-11(9-10)12-7-2-3-8-13-12/h2-9H,1H3. The van der Waals surface area contributed by atoms with Crippen molar-refractivity contribution in [3.05, 3.63) is 54.2 Å². The summed E-state index contributed by atoms with van der Waals surface area (Å²) in [4.78, 5) is 4.29. The molecule has 0 atom stereocenters. The maximum Gasteiger partial charge on any atom is 0.0702 e. The molecule has 0 N–H and O–H groups in total. The van der Waals surface area contributed by atoms with Gasteiger partial charge in [-0.15, -0.1) is 0 Å². The molecule has 1 aromatic heterocycles. The van der Waals surface area contributed by atoms with Crippen LogP contribution in [0.25, 0.3) is 11.3 Å². The quantitative estimate of drug-likeness (QED) is 0.639. The number of benzene rings is 1. The first kappa shape index (κ1) is 7.99. The Labute approximate surface area is 78.1 Å². The summed E-state index contributed by atoms with van der Waals surface area (Å²) in [5.41, 5.74) is 3.48. The summed E-state index contributed by atoms with van der Waals surface area (Å²) in [5.74, 6) is 0. The van der Waals surface area contributed by atoms with Gasteiger partial charge in [0.1, 0.15) is 0 Å². The zero-order chi connectivity index (χ0) is 9.10. The number of rotatable bonds is 1. The smallest absolute Gasteiger partial charge is 0.0702 e. The second-order valence-corrected chi connectivity index (χ2v) is 3.08. The van der Waals surface area contributed by atoms with Gasteiger partial charge >= 0.3 is 0 Å². The minimum atomic E-state index is 1.03. The number of aromatic nitrogens is 1. The summed E-state index contributed by atoms with van der Waals surface area (Å²) in [6.07, 6.45) is 1.82. The molecule has 2 rings (SSSR count). The van der Waals surface area contributed by atoms with E-state index in [0.29, 0.717) is 0 Å². The molecule has 0 amide bonds. The third kappa shape index (κ3) is 1.75. The van der Waals surface area contributed by atoms with E-state index >= 15 is 0 Å². The SMILES string of the molecule is Cc1cccc(-c2ccccn2)c1. The second kappa shape index (κ2) is 3.40. The molecule has 0 bridgehead atoms. The van der Waals surface area contributed by atoms with Crippen molar-refractivity contribution >= 4 is 0 Å². The molecule has 13 heavy (non-hydrogen) atoms. The summed E-state index contributed by atoms with van der Waals surface area (Å²) >= 11 is 0. The molecule has 1 nitrogen and oxygen atoms in total. The molecule has 0 aliphatic heterocycles. The van der Waals surface area contributed by atoms with Crippen molar-refractivity contribution in [1.82, 2.24) is 4.98 Å². The lowest BCUT2D eigenvalue weighted by atomic mass is 10.1. The fourth-order valence-electron chi connectivity index (χ4n) is 1.34. The van der Waals surface area contributed by atoms with Gasteiger partial charge in [0.05, 0.1) is 5.69 Å². The van der Waals surface area contributed by atoms with Crippen LogP contribution in [0, 0.1) is 6.92 Å². The van der Waals surface area contributed by atoms with Gasteiger partial charge in [-0.05, 0) is 25.1 Å². The van der Waals surface area contributed by atoms with E-state index in [1.165, 1.54) is 11.1 Å². The van der Waals surface area contributed by atoms with Gasteiger partial charge in [0.2, 0.25) is 0 Å². The average Bonchev–Trinajstić information content (AvgIpc) is 2.19. The predicted molar refractivity (Wildman–Crippen MR) is 54.4 cm³/mol. The van der Waals surface area contributed by atoms with Crippen LogP contribution in [0.2, 0.25) is 0 Å².